The summed E-state index contributed by atoms with van der Waals surface area (Å²) in [5.41, 5.74) is 3.02. The molecule has 0 saturated heterocycles. The molecule has 2 rings (SSSR count). The number of nitrogens with one attached hydrogen (secondary N) is 1. The van der Waals surface area contributed by atoms with Crippen LogP contribution in [-0.2, 0) is 0 Å². The van der Waals surface area contributed by atoms with Gasteiger partial charge in [0.05, 0.1) is 34.6 Å². The first-order valence-electron chi connectivity index (χ1n) is 6.18. The van der Waals surface area contributed by atoms with Crippen LogP contribution >= 0.6 is 11.6 Å². The minimum Gasteiger partial charge on any atom is -0.361 e. The van der Waals surface area contributed by atoms with E-state index in [2.05, 4.69) is 17.5 Å². The zero-order valence-electron chi connectivity index (χ0n) is 11.2. The van der Waals surface area contributed by atoms with Gasteiger partial charge in [0.1, 0.15) is 5.83 Å². The lowest BCUT2D eigenvalue weighted by Gasteiger charge is -2.30. The average molecular weight is 290 g/mol. The number of rotatable bonds is 1. The van der Waals surface area contributed by atoms with Gasteiger partial charge in [-0.25, -0.2) is 4.39 Å². The molecular weight excluding hydrogens is 277 g/mol. The van der Waals surface area contributed by atoms with E-state index in [9.17, 15) is 14.9 Å². The van der Waals surface area contributed by atoms with Gasteiger partial charge in [-0.05, 0) is 25.5 Å². The first kappa shape index (κ1) is 14.4. The molecule has 1 unspecified atom stereocenters. The van der Waals surface area contributed by atoms with E-state index < -0.39 is 11.3 Å². The van der Waals surface area contributed by atoms with Crippen LogP contribution in [0.2, 0.25) is 0 Å². The number of halogens is 2. The Morgan fingerprint density at radius 2 is 1.75 bits per heavy atom. The maximum absolute atomic E-state index is 13.3. The molecule has 0 aromatic rings. The van der Waals surface area contributed by atoms with Crippen molar-refractivity contribution >= 4 is 11.6 Å². The highest BCUT2D eigenvalue weighted by molar-refractivity contribution is 6.22. The Morgan fingerprint density at radius 3 is 2.20 bits per heavy atom. The highest BCUT2D eigenvalue weighted by Crippen LogP contribution is 2.40. The van der Waals surface area contributed by atoms with Crippen molar-refractivity contribution in [2.45, 2.75) is 25.6 Å². The molecule has 0 fully saturated rings. The molecule has 1 aliphatic carbocycles. The van der Waals surface area contributed by atoms with Gasteiger partial charge >= 0.3 is 0 Å². The van der Waals surface area contributed by atoms with E-state index in [0.29, 0.717) is 28.1 Å². The van der Waals surface area contributed by atoms with Gasteiger partial charge in [-0.15, -0.1) is 11.6 Å². The van der Waals surface area contributed by atoms with E-state index >= 15 is 0 Å². The summed E-state index contributed by atoms with van der Waals surface area (Å²) in [5.74, 6) is -0.779. The largest absolute Gasteiger partial charge is 0.361 e. The minimum atomic E-state index is -0.546. The molecule has 3 nitrogen and oxygen atoms in total. The van der Waals surface area contributed by atoms with Crippen molar-refractivity contribution in [1.82, 2.24) is 5.32 Å². The second-order valence-corrected chi connectivity index (χ2v) is 5.34. The Balaban J connectivity index is 2.59. The van der Waals surface area contributed by atoms with Crippen LogP contribution in [0.5, 0.6) is 0 Å². The molecule has 2 aliphatic rings. The summed E-state index contributed by atoms with van der Waals surface area (Å²) in [5, 5.41) is 21.2. The SMILES string of the molecule is CC1=C(C#N)C(C2=CC=C(F)CC2Cl)C(C#N)=C(C)N1. The number of hydrogen-bond donors (Lipinski definition) is 1. The molecule has 1 aliphatic heterocycles. The van der Waals surface area contributed by atoms with E-state index in [0.717, 1.165) is 0 Å². The predicted octanol–water partition coefficient (Wildman–Crippen LogP) is 3.59. The Hall–Kier alpha value is -2.04. The molecule has 1 N–H and O–H groups in total. The fourth-order valence-electron chi connectivity index (χ4n) is 2.55. The first-order valence-corrected chi connectivity index (χ1v) is 6.62. The molecule has 102 valence electrons. The van der Waals surface area contributed by atoms with Crippen LogP contribution in [0.25, 0.3) is 0 Å². The number of alkyl halides is 1. The lowest BCUT2D eigenvalue weighted by Crippen LogP contribution is -2.28. The van der Waals surface area contributed by atoms with Crippen LogP contribution in [0.3, 0.4) is 0 Å². The summed E-state index contributed by atoms with van der Waals surface area (Å²) in [4.78, 5) is 0. The Kier molecular flexibility index (Phi) is 3.97. The van der Waals surface area contributed by atoms with Gasteiger partial charge in [-0.2, -0.15) is 10.5 Å². The zero-order chi connectivity index (χ0) is 14.9. The van der Waals surface area contributed by atoms with Crippen LogP contribution in [0.1, 0.15) is 20.3 Å². The first-order chi connectivity index (χ1) is 9.49. The van der Waals surface area contributed by atoms with Gasteiger partial charge in [0.15, 0.2) is 0 Å². The normalized spacial score (nSPS) is 23.6. The van der Waals surface area contributed by atoms with Gasteiger partial charge in [0, 0.05) is 17.8 Å². The molecule has 0 radical (unpaired) electrons. The maximum atomic E-state index is 13.3. The van der Waals surface area contributed by atoms with Crippen LogP contribution < -0.4 is 5.32 Å². The Labute approximate surface area is 122 Å². The highest BCUT2D eigenvalue weighted by atomic mass is 35.5. The van der Waals surface area contributed by atoms with Crippen molar-refractivity contribution in [2.24, 2.45) is 5.92 Å². The second-order valence-electron chi connectivity index (χ2n) is 4.81. The van der Waals surface area contributed by atoms with Crippen LogP contribution in [0.15, 0.2) is 46.1 Å². The van der Waals surface area contributed by atoms with Crippen LogP contribution in [0.4, 0.5) is 4.39 Å². The van der Waals surface area contributed by atoms with Crippen LogP contribution in [0, 0.1) is 28.6 Å². The standard InChI is InChI=1S/C15H13ClFN3/c1-8-12(6-18)15(13(7-19)9(2)20-8)11-4-3-10(17)5-14(11)16/h3-4,14-15,20H,5H2,1-2H3. The fraction of sp³-hybridized carbons (Fsp3) is 0.333. The van der Waals surface area contributed by atoms with Crippen molar-refractivity contribution in [3.05, 3.63) is 46.1 Å². The third kappa shape index (κ3) is 2.35. The smallest absolute Gasteiger partial charge is 0.102 e. The fourth-order valence-corrected chi connectivity index (χ4v) is 2.89. The van der Waals surface area contributed by atoms with Crippen LogP contribution in [-0.4, -0.2) is 5.38 Å². The van der Waals surface area contributed by atoms with E-state index in [4.69, 9.17) is 11.6 Å². The quantitative estimate of drug-likeness (QED) is 0.750. The summed E-state index contributed by atoms with van der Waals surface area (Å²) in [6.45, 7) is 3.57. The maximum Gasteiger partial charge on any atom is 0.102 e. The molecule has 0 bridgehead atoms. The van der Waals surface area contributed by atoms with E-state index in [1.165, 1.54) is 6.08 Å². The lowest BCUT2D eigenvalue weighted by molar-refractivity contribution is 0.573. The molecule has 0 aromatic carbocycles. The number of hydrogen-bond acceptors (Lipinski definition) is 3. The zero-order valence-corrected chi connectivity index (χ0v) is 11.9. The Bertz CT molecular complexity index is 620. The number of allylic oxidation sites excluding steroid dienone is 8. The van der Waals surface area contributed by atoms with Crippen molar-refractivity contribution in [3.63, 3.8) is 0 Å². The average Bonchev–Trinajstić information content (AvgIpc) is 2.38. The predicted molar refractivity (Wildman–Crippen MR) is 74.8 cm³/mol. The van der Waals surface area contributed by atoms with Crippen molar-refractivity contribution < 1.29 is 4.39 Å². The van der Waals surface area contributed by atoms with Crippen molar-refractivity contribution in [1.29, 1.82) is 10.5 Å². The summed E-state index contributed by atoms with van der Waals surface area (Å²) in [6.07, 6.45) is 3.03. The highest BCUT2D eigenvalue weighted by Gasteiger charge is 2.34. The number of nitriles is 2. The molecule has 0 saturated carbocycles. The second kappa shape index (κ2) is 5.53. The lowest BCUT2D eigenvalue weighted by atomic mass is 9.78. The van der Waals surface area contributed by atoms with Gasteiger partial charge in [0.25, 0.3) is 0 Å². The molecule has 1 heterocycles. The van der Waals surface area contributed by atoms with E-state index in [-0.39, 0.29) is 12.2 Å². The van der Waals surface area contributed by atoms with Gasteiger partial charge in [-0.1, -0.05) is 6.08 Å². The van der Waals surface area contributed by atoms with Gasteiger partial charge < -0.3 is 5.32 Å². The molecule has 20 heavy (non-hydrogen) atoms. The third-order valence-electron chi connectivity index (χ3n) is 3.53. The van der Waals surface area contributed by atoms with Crippen molar-refractivity contribution in [2.75, 3.05) is 0 Å². The van der Waals surface area contributed by atoms with E-state index in [1.54, 1.807) is 19.9 Å². The molecule has 5 heteroatoms. The van der Waals surface area contributed by atoms with E-state index in [1.807, 2.05) is 0 Å². The third-order valence-corrected chi connectivity index (χ3v) is 3.93. The number of dihydropyridines is 1. The van der Waals surface area contributed by atoms with Crippen molar-refractivity contribution in [3.8, 4) is 12.1 Å². The topological polar surface area (TPSA) is 59.6 Å². The summed E-state index contributed by atoms with van der Waals surface area (Å²) in [7, 11) is 0. The summed E-state index contributed by atoms with van der Waals surface area (Å²) < 4.78 is 13.3. The van der Waals surface area contributed by atoms with Gasteiger partial charge in [0.2, 0.25) is 0 Å². The molecule has 0 spiro atoms. The monoisotopic (exact) mass is 289 g/mol. The number of nitrogens with zero attached hydrogens (tertiary/aromatic N) is 2. The summed E-state index contributed by atoms with van der Waals surface area (Å²) >= 11 is 6.22. The molecule has 1 atom stereocenters. The van der Waals surface area contributed by atoms with Gasteiger partial charge in [-0.3, -0.25) is 0 Å². The molecule has 0 amide bonds. The Morgan fingerprint density at radius 1 is 1.20 bits per heavy atom. The molecule has 0 aromatic heterocycles. The summed E-state index contributed by atoms with van der Waals surface area (Å²) in [6, 6.07) is 4.27. The molecular formula is C15H13ClFN3. The minimum absolute atomic E-state index is 0.0901.